The lowest BCUT2D eigenvalue weighted by molar-refractivity contribution is -0.123. The second-order valence-electron chi connectivity index (χ2n) is 8.17. The van der Waals surface area contributed by atoms with Crippen molar-refractivity contribution in [2.75, 3.05) is 26.2 Å². The van der Waals surface area contributed by atoms with Crippen LogP contribution in [-0.4, -0.2) is 37.0 Å². The number of nitrogens with zero attached hydrogens (tertiary/aromatic N) is 1. The van der Waals surface area contributed by atoms with Gasteiger partial charge in [-0.1, -0.05) is 54.8 Å². The van der Waals surface area contributed by atoms with Crippen LogP contribution in [-0.2, 0) is 4.79 Å². The second-order valence-corrected chi connectivity index (χ2v) is 8.17. The van der Waals surface area contributed by atoms with Crippen molar-refractivity contribution in [1.29, 1.82) is 0 Å². The molecule has 3 rings (SSSR count). The van der Waals surface area contributed by atoms with E-state index in [1.807, 2.05) is 19.1 Å². The van der Waals surface area contributed by atoms with E-state index < -0.39 is 0 Å². The Morgan fingerprint density at radius 2 is 1.69 bits per heavy atom. The molecular weight excluding hydrogens is 360 g/mol. The minimum atomic E-state index is -0.0714. The van der Waals surface area contributed by atoms with Crippen LogP contribution in [0.5, 0.6) is 5.75 Å². The first-order valence-electron chi connectivity index (χ1n) is 10.8. The highest BCUT2D eigenvalue weighted by Crippen LogP contribution is 2.24. The molecule has 0 aliphatic carbocycles. The maximum atomic E-state index is 12.5. The number of aryl methyl sites for hydroxylation is 2. The minimum Gasteiger partial charge on any atom is -0.483 e. The standard InChI is InChI=1S/C25H34N2O2/c1-19-11-13-22(14-12-19)23(27-15-6-4-5-7-16-27)17-26-25(28)18-29-24-10-8-9-20(2)21(24)3/h8-14,23H,4-7,15-18H2,1-3H3,(H,26,28)/t23-/m0/s1. The number of rotatable bonds is 7. The monoisotopic (exact) mass is 394 g/mol. The summed E-state index contributed by atoms with van der Waals surface area (Å²) in [5.41, 5.74) is 4.79. The highest BCUT2D eigenvalue weighted by Gasteiger charge is 2.22. The molecule has 1 heterocycles. The first-order valence-corrected chi connectivity index (χ1v) is 10.8. The molecule has 156 valence electrons. The van der Waals surface area contributed by atoms with E-state index >= 15 is 0 Å². The molecule has 29 heavy (non-hydrogen) atoms. The van der Waals surface area contributed by atoms with Crippen LogP contribution >= 0.6 is 0 Å². The van der Waals surface area contributed by atoms with E-state index in [1.54, 1.807) is 0 Å². The summed E-state index contributed by atoms with van der Waals surface area (Å²) in [4.78, 5) is 15.0. The Balaban J connectivity index is 1.61. The quantitative estimate of drug-likeness (QED) is 0.738. The maximum Gasteiger partial charge on any atom is 0.258 e. The Hall–Kier alpha value is -2.33. The van der Waals surface area contributed by atoms with Crippen molar-refractivity contribution in [3.8, 4) is 5.75 Å². The summed E-state index contributed by atoms with van der Waals surface area (Å²) >= 11 is 0. The van der Waals surface area contributed by atoms with E-state index in [4.69, 9.17) is 4.74 Å². The van der Waals surface area contributed by atoms with Crippen LogP contribution in [0.25, 0.3) is 0 Å². The van der Waals surface area contributed by atoms with Gasteiger partial charge < -0.3 is 10.1 Å². The summed E-state index contributed by atoms with van der Waals surface area (Å²) in [6, 6.07) is 14.9. The van der Waals surface area contributed by atoms with E-state index in [2.05, 4.69) is 54.4 Å². The van der Waals surface area contributed by atoms with Crippen LogP contribution in [0.15, 0.2) is 42.5 Å². The predicted molar refractivity (Wildman–Crippen MR) is 118 cm³/mol. The van der Waals surface area contributed by atoms with Crippen LogP contribution in [0.1, 0.15) is 54.0 Å². The van der Waals surface area contributed by atoms with Crippen molar-refractivity contribution in [3.63, 3.8) is 0 Å². The second kappa shape index (κ2) is 10.4. The Kier molecular flexibility index (Phi) is 7.70. The van der Waals surface area contributed by atoms with Crippen molar-refractivity contribution in [2.45, 2.75) is 52.5 Å². The predicted octanol–water partition coefficient (Wildman–Crippen LogP) is 4.72. The number of benzene rings is 2. The van der Waals surface area contributed by atoms with Crippen molar-refractivity contribution in [1.82, 2.24) is 10.2 Å². The highest BCUT2D eigenvalue weighted by molar-refractivity contribution is 5.77. The average molecular weight is 395 g/mol. The van der Waals surface area contributed by atoms with Crippen LogP contribution < -0.4 is 10.1 Å². The molecule has 0 unspecified atom stereocenters. The molecule has 1 saturated heterocycles. The fraction of sp³-hybridized carbons (Fsp3) is 0.480. The van der Waals surface area contributed by atoms with E-state index in [0.29, 0.717) is 6.54 Å². The minimum absolute atomic E-state index is 0.0465. The Labute approximate surface area is 175 Å². The molecule has 2 aromatic rings. The lowest BCUT2D eigenvalue weighted by Gasteiger charge is -2.31. The van der Waals surface area contributed by atoms with Crippen molar-refractivity contribution >= 4 is 5.91 Å². The molecule has 1 aliphatic heterocycles. The molecular formula is C25H34N2O2. The number of carbonyl (C=O) groups is 1. The molecule has 0 aromatic heterocycles. The summed E-state index contributed by atoms with van der Waals surface area (Å²) in [5.74, 6) is 0.709. The van der Waals surface area contributed by atoms with E-state index in [9.17, 15) is 4.79 Å². The number of nitrogens with one attached hydrogen (secondary N) is 1. The van der Waals surface area contributed by atoms with Gasteiger partial charge in [-0.2, -0.15) is 0 Å². The van der Waals surface area contributed by atoms with Gasteiger partial charge in [-0.3, -0.25) is 9.69 Å². The van der Waals surface area contributed by atoms with Gasteiger partial charge in [0.05, 0.1) is 6.04 Å². The van der Waals surface area contributed by atoms with Gasteiger partial charge in [0.25, 0.3) is 5.91 Å². The summed E-state index contributed by atoms with van der Waals surface area (Å²) in [6.07, 6.45) is 5.05. The third kappa shape index (κ3) is 6.07. The topological polar surface area (TPSA) is 41.6 Å². The molecule has 1 fully saturated rings. The number of ether oxygens (including phenoxy) is 1. The zero-order valence-electron chi connectivity index (χ0n) is 18.0. The van der Waals surface area contributed by atoms with Gasteiger partial charge in [0.15, 0.2) is 6.61 Å². The molecule has 1 amide bonds. The van der Waals surface area contributed by atoms with Gasteiger partial charge in [-0.25, -0.2) is 0 Å². The molecule has 0 radical (unpaired) electrons. The lowest BCUT2D eigenvalue weighted by atomic mass is 10.0. The van der Waals surface area contributed by atoms with Gasteiger partial charge >= 0.3 is 0 Å². The van der Waals surface area contributed by atoms with Gasteiger partial charge in [0.1, 0.15) is 5.75 Å². The fourth-order valence-corrected chi connectivity index (χ4v) is 3.94. The van der Waals surface area contributed by atoms with Crippen molar-refractivity contribution in [2.24, 2.45) is 0 Å². The Morgan fingerprint density at radius 3 is 2.38 bits per heavy atom. The van der Waals surface area contributed by atoms with Gasteiger partial charge in [-0.15, -0.1) is 0 Å². The molecule has 1 atom stereocenters. The smallest absolute Gasteiger partial charge is 0.258 e. The molecule has 1 N–H and O–H groups in total. The van der Waals surface area contributed by atoms with Gasteiger partial charge in [-0.05, 0) is 69.5 Å². The molecule has 0 saturated carbocycles. The van der Waals surface area contributed by atoms with Crippen molar-refractivity contribution in [3.05, 3.63) is 64.7 Å². The number of hydrogen-bond donors (Lipinski definition) is 1. The normalized spacial score (nSPS) is 16.1. The average Bonchev–Trinajstić information content (AvgIpc) is 3.00. The Morgan fingerprint density at radius 1 is 1.00 bits per heavy atom. The fourth-order valence-electron chi connectivity index (χ4n) is 3.94. The summed E-state index contributed by atoms with van der Waals surface area (Å²) in [7, 11) is 0. The number of carbonyl (C=O) groups excluding carboxylic acids is 1. The SMILES string of the molecule is Cc1ccc([C@H](CNC(=O)COc2cccc(C)c2C)N2CCCCCC2)cc1. The summed E-state index contributed by atoms with van der Waals surface area (Å²) in [6.45, 7) is 9.02. The summed E-state index contributed by atoms with van der Waals surface area (Å²) < 4.78 is 5.77. The lowest BCUT2D eigenvalue weighted by Crippen LogP contribution is -2.40. The highest BCUT2D eigenvalue weighted by atomic mass is 16.5. The van der Waals surface area contributed by atoms with E-state index in [1.165, 1.54) is 42.4 Å². The number of likely N-dealkylation sites (tertiary alicyclic amines) is 1. The Bertz CT molecular complexity index is 793. The zero-order chi connectivity index (χ0) is 20.6. The van der Waals surface area contributed by atoms with Crippen LogP contribution in [0.3, 0.4) is 0 Å². The zero-order valence-corrected chi connectivity index (χ0v) is 18.0. The van der Waals surface area contributed by atoms with Crippen LogP contribution in [0, 0.1) is 20.8 Å². The number of amides is 1. The van der Waals surface area contributed by atoms with E-state index in [0.717, 1.165) is 24.4 Å². The molecule has 0 spiro atoms. The first-order chi connectivity index (χ1) is 14.0. The first kappa shape index (κ1) is 21.4. The third-order valence-corrected chi connectivity index (χ3v) is 5.95. The molecule has 0 bridgehead atoms. The maximum absolute atomic E-state index is 12.5. The van der Waals surface area contributed by atoms with Crippen LogP contribution in [0.4, 0.5) is 0 Å². The summed E-state index contributed by atoms with van der Waals surface area (Å²) in [5, 5.41) is 3.11. The third-order valence-electron chi connectivity index (χ3n) is 5.95. The van der Waals surface area contributed by atoms with Crippen LogP contribution in [0.2, 0.25) is 0 Å². The molecule has 4 heteroatoms. The number of hydrogen-bond acceptors (Lipinski definition) is 3. The molecule has 4 nitrogen and oxygen atoms in total. The molecule has 2 aromatic carbocycles. The van der Waals surface area contributed by atoms with Gasteiger partial charge in [0.2, 0.25) is 0 Å². The molecule has 1 aliphatic rings. The van der Waals surface area contributed by atoms with Crippen molar-refractivity contribution < 1.29 is 9.53 Å². The van der Waals surface area contributed by atoms with Gasteiger partial charge in [0, 0.05) is 6.54 Å². The largest absolute Gasteiger partial charge is 0.483 e. The van der Waals surface area contributed by atoms with E-state index in [-0.39, 0.29) is 18.6 Å².